The number of benzene rings is 1. The second-order valence-corrected chi connectivity index (χ2v) is 5.51. The first-order chi connectivity index (χ1) is 9.51. The third-order valence-electron chi connectivity index (χ3n) is 3.09. The number of hydrogen-bond acceptors (Lipinski definition) is 3. The van der Waals surface area contributed by atoms with Crippen LogP contribution in [-0.4, -0.2) is 15.6 Å². The number of carbonyl (C=O) groups excluding carboxylic acids is 1. The van der Waals surface area contributed by atoms with Crippen molar-refractivity contribution in [2.45, 2.75) is 26.9 Å². The molecule has 0 bridgehead atoms. The van der Waals surface area contributed by atoms with Crippen LogP contribution in [0.15, 0.2) is 28.7 Å². The Hall–Kier alpha value is -1.62. The minimum atomic E-state index is -0.00764. The van der Waals surface area contributed by atoms with Crippen LogP contribution in [0, 0.1) is 0 Å². The average Bonchev–Trinajstić information content (AvgIpc) is 2.76. The zero-order chi connectivity index (χ0) is 14.7. The summed E-state index contributed by atoms with van der Waals surface area (Å²) in [4.78, 5) is 11.6. The first-order valence-electron chi connectivity index (χ1n) is 6.46. The molecule has 0 spiro atoms. The summed E-state index contributed by atoms with van der Waals surface area (Å²) in [5.74, 6) is 0.581. The maximum atomic E-state index is 11.6. The lowest BCUT2D eigenvalue weighted by Gasteiger charge is -2.10. The second-order valence-electron chi connectivity index (χ2n) is 4.59. The van der Waals surface area contributed by atoms with Crippen molar-refractivity contribution in [1.82, 2.24) is 9.78 Å². The molecule has 0 aliphatic rings. The van der Waals surface area contributed by atoms with Gasteiger partial charge in [0.1, 0.15) is 12.4 Å². The smallest absolute Gasteiger partial charge is 0.163 e. The number of ketones is 1. The zero-order valence-corrected chi connectivity index (χ0v) is 13.4. The number of aromatic nitrogens is 2. The van der Waals surface area contributed by atoms with Crippen LogP contribution in [0.3, 0.4) is 0 Å². The van der Waals surface area contributed by atoms with E-state index in [0.29, 0.717) is 17.9 Å². The predicted molar refractivity (Wildman–Crippen MR) is 81.1 cm³/mol. The van der Waals surface area contributed by atoms with Gasteiger partial charge < -0.3 is 4.74 Å². The molecule has 1 aromatic heterocycles. The molecule has 0 radical (unpaired) electrons. The molecule has 1 aromatic carbocycles. The van der Waals surface area contributed by atoms with Gasteiger partial charge in [0.15, 0.2) is 5.78 Å². The van der Waals surface area contributed by atoms with E-state index in [1.807, 2.05) is 29.9 Å². The number of halogens is 1. The fraction of sp³-hybridized carbons (Fsp3) is 0.333. The fourth-order valence-corrected chi connectivity index (χ4v) is 2.28. The summed E-state index contributed by atoms with van der Waals surface area (Å²) in [6, 6.07) is 7.44. The number of carbonyl (C=O) groups is 1. The van der Waals surface area contributed by atoms with E-state index in [2.05, 4.69) is 28.0 Å². The molecular formula is C15H17BrN2O2. The molecule has 20 heavy (non-hydrogen) atoms. The van der Waals surface area contributed by atoms with Gasteiger partial charge in [-0.2, -0.15) is 5.10 Å². The van der Waals surface area contributed by atoms with Gasteiger partial charge in [0.25, 0.3) is 0 Å². The highest BCUT2D eigenvalue weighted by Crippen LogP contribution is 2.25. The van der Waals surface area contributed by atoms with Gasteiger partial charge in [-0.3, -0.25) is 9.48 Å². The number of Topliss-reactive ketones (excluding diaryl/α,β-unsaturated/α-hetero) is 1. The van der Waals surface area contributed by atoms with E-state index < -0.39 is 0 Å². The minimum absolute atomic E-state index is 0.00764. The van der Waals surface area contributed by atoms with Gasteiger partial charge in [-0.25, -0.2) is 0 Å². The van der Waals surface area contributed by atoms with Crippen LogP contribution in [0.5, 0.6) is 5.75 Å². The predicted octanol–water partition coefficient (Wildman–Crippen LogP) is 3.53. The maximum Gasteiger partial charge on any atom is 0.163 e. The van der Waals surface area contributed by atoms with Gasteiger partial charge >= 0.3 is 0 Å². The van der Waals surface area contributed by atoms with Crippen molar-refractivity contribution in [3.05, 3.63) is 45.7 Å². The Labute approximate surface area is 126 Å². The average molecular weight is 337 g/mol. The first kappa shape index (κ1) is 14.8. The topological polar surface area (TPSA) is 44.1 Å². The standard InChI is InChI=1S/C15H17BrN2O2/c1-4-12-8-13(18(3)17-12)9-20-15-7-11(16)5-6-14(15)10(2)19/h5-8H,4,9H2,1-3H3. The van der Waals surface area contributed by atoms with Crippen molar-refractivity contribution >= 4 is 21.7 Å². The SMILES string of the molecule is CCc1cc(COc2cc(Br)ccc2C(C)=O)n(C)n1. The second kappa shape index (κ2) is 6.22. The number of nitrogens with zero attached hydrogens (tertiary/aromatic N) is 2. The largest absolute Gasteiger partial charge is 0.487 e. The summed E-state index contributed by atoms with van der Waals surface area (Å²) < 4.78 is 8.49. The van der Waals surface area contributed by atoms with Crippen molar-refractivity contribution in [2.24, 2.45) is 7.05 Å². The molecule has 0 fully saturated rings. The van der Waals surface area contributed by atoms with Crippen molar-refractivity contribution in [1.29, 1.82) is 0 Å². The Bertz CT molecular complexity index is 635. The van der Waals surface area contributed by atoms with Crippen molar-refractivity contribution in [2.75, 3.05) is 0 Å². The highest BCUT2D eigenvalue weighted by atomic mass is 79.9. The summed E-state index contributed by atoms with van der Waals surface area (Å²) in [6.45, 7) is 3.99. The lowest BCUT2D eigenvalue weighted by atomic mass is 10.1. The number of aryl methyl sites for hydroxylation is 2. The molecule has 5 heteroatoms. The third-order valence-corrected chi connectivity index (χ3v) is 3.58. The highest BCUT2D eigenvalue weighted by molar-refractivity contribution is 9.10. The Balaban J connectivity index is 2.19. The van der Waals surface area contributed by atoms with E-state index in [0.717, 1.165) is 22.3 Å². The van der Waals surface area contributed by atoms with Gasteiger partial charge in [0.2, 0.25) is 0 Å². The molecule has 0 atom stereocenters. The summed E-state index contributed by atoms with van der Waals surface area (Å²) >= 11 is 3.39. The van der Waals surface area contributed by atoms with E-state index in [1.165, 1.54) is 6.92 Å². The number of hydrogen-bond donors (Lipinski definition) is 0. The Kier molecular flexibility index (Phi) is 4.60. The normalized spacial score (nSPS) is 10.6. The van der Waals surface area contributed by atoms with E-state index in [-0.39, 0.29) is 5.78 Å². The Morgan fingerprint density at radius 2 is 2.15 bits per heavy atom. The van der Waals surface area contributed by atoms with Crippen LogP contribution >= 0.6 is 15.9 Å². The van der Waals surface area contributed by atoms with E-state index in [9.17, 15) is 4.79 Å². The van der Waals surface area contributed by atoms with E-state index >= 15 is 0 Å². The van der Waals surface area contributed by atoms with Gasteiger partial charge in [-0.15, -0.1) is 0 Å². The van der Waals surface area contributed by atoms with Gasteiger partial charge in [0, 0.05) is 11.5 Å². The molecule has 0 N–H and O–H groups in total. The highest BCUT2D eigenvalue weighted by Gasteiger charge is 2.11. The number of ether oxygens (including phenoxy) is 1. The van der Waals surface area contributed by atoms with Crippen LogP contribution in [0.2, 0.25) is 0 Å². The summed E-state index contributed by atoms with van der Waals surface area (Å²) in [5.41, 5.74) is 2.61. The molecule has 4 nitrogen and oxygen atoms in total. The molecule has 0 amide bonds. The van der Waals surface area contributed by atoms with E-state index in [4.69, 9.17) is 4.74 Å². The van der Waals surface area contributed by atoms with Crippen LogP contribution in [0.4, 0.5) is 0 Å². The monoisotopic (exact) mass is 336 g/mol. The third kappa shape index (κ3) is 3.28. The molecule has 106 valence electrons. The van der Waals surface area contributed by atoms with Crippen LogP contribution in [0.1, 0.15) is 35.6 Å². The minimum Gasteiger partial charge on any atom is -0.487 e. The lowest BCUT2D eigenvalue weighted by molar-refractivity contribution is 0.101. The van der Waals surface area contributed by atoms with Gasteiger partial charge in [0.05, 0.1) is 17.0 Å². The summed E-state index contributed by atoms with van der Waals surface area (Å²) in [5, 5.41) is 4.38. The van der Waals surface area contributed by atoms with Crippen LogP contribution < -0.4 is 4.74 Å². The molecule has 1 heterocycles. The maximum absolute atomic E-state index is 11.6. The van der Waals surface area contributed by atoms with E-state index in [1.54, 1.807) is 6.07 Å². The molecule has 0 saturated heterocycles. The molecule has 2 aromatic rings. The zero-order valence-electron chi connectivity index (χ0n) is 11.8. The van der Waals surface area contributed by atoms with Gasteiger partial charge in [-0.05, 0) is 37.6 Å². The van der Waals surface area contributed by atoms with Crippen LogP contribution in [-0.2, 0) is 20.1 Å². The van der Waals surface area contributed by atoms with Crippen molar-refractivity contribution in [3.63, 3.8) is 0 Å². The molecule has 0 saturated carbocycles. The fourth-order valence-electron chi connectivity index (χ4n) is 1.94. The quantitative estimate of drug-likeness (QED) is 0.784. The Morgan fingerprint density at radius 1 is 1.40 bits per heavy atom. The first-order valence-corrected chi connectivity index (χ1v) is 7.25. The molecular weight excluding hydrogens is 320 g/mol. The van der Waals surface area contributed by atoms with Gasteiger partial charge in [-0.1, -0.05) is 22.9 Å². The molecule has 0 aliphatic heterocycles. The molecule has 0 unspecified atom stereocenters. The lowest BCUT2D eigenvalue weighted by Crippen LogP contribution is -2.05. The summed E-state index contributed by atoms with van der Waals surface area (Å²) in [6.07, 6.45) is 0.892. The molecule has 0 aliphatic carbocycles. The van der Waals surface area contributed by atoms with Crippen molar-refractivity contribution in [3.8, 4) is 5.75 Å². The Morgan fingerprint density at radius 3 is 2.75 bits per heavy atom. The summed E-state index contributed by atoms with van der Waals surface area (Å²) in [7, 11) is 1.89. The van der Waals surface area contributed by atoms with Crippen molar-refractivity contribution < 1.29 is 9.53 Å². The van der Waals surface area contributed by atoms with Crippen LogP contribution in [0.25, 0.3) is 0 Å². The molecule has 2 rings (SSSR count). The number of rotatable bonds is 5.